The van der Waals surface area contributed by atoms with E-state index in [-0.39, 0.29) is 28.5 Å². The maximum Gasteiger partial charge on any atom is 0.208 e. The summed E-state index contributed by atoms with van der Waals surface area (Å²) >= 11 is 1.36. The van der Waals surface area contributed by atoms with E-state index in [1.807, 2.05) is 51.5 Å². The van der Waals surface area contributed by atoms with E-state index in [2.05, 4.69) is 20.4 Å². The lowest BCUT2D eigenvalue weighted by atomic mass is 10.00. The van der Waals surface area contributed by atoms with Gasteiger partial charge in [0.2, 0.25) is 11.6 Å². The normalized spacial score (nSPS) is 12.8. The first-order valence-corrected chi connectivity index (χ1v) is 10.3. The van der Waals surface area contributed by atoms with E-state index in [1.54, 1.807) is 0 Å². The van der Waals surface area contributed by atoms with Crippen molar-refractivity contribution >= 4 is 35.3 Å². The maximum absolute atomic E-state index is 12.3. The molecule has 1 aliphatic carbocycles. The fourth-order valence-electron chi connectivity index (χ4n) is 2.65. The lowest BCUT2D eigenvalue weighted by molar-refractivity contribution is 0.0986. The first kappa shape index (κ1) is 22.6. The fraction of sp³-hybridized carbons (Fsp3) is 0.333. The minimum atomic E-state index is -0.329. The second-order valence-electron chi connectivity index (χ2n) is 6.66. The molecule has 2 N–H and O–H groups in total. The number of aromatic nitrogens is 2. The summed E-state index contributed by atoms with van der Waals surface area (Å²) in [6.07, 6.45) is 3.82. The molecule has 0 fully saturated rings. The molecule has 1 aromatic heterocycles. The molecular weight excluding hydrogens is 388 g/mol. The van der Waals surface area contributed by atoms with Crippen molar-refractivity contribution in [1.29, 1.82) is 0 Å². The number of nitrogens with one attached hydrogen (secondary N) is 2. The Balaban J connectivity index is 0.000000313. The first-order valence-electron chi connectivity index (χ1n) is 9.32. The molecule has 0 saturated heterocycles. The molecular formula is C21H26N4O3S. The van der Waals surface area contributed by atoms with Crippen molar-refractivity contribution in [2.75, 3.05) is 38.8 Å². The highest BCUT2D eigenvalue weighted by Crippen LogP contribution is 2.29. The number of carbonyl (C=O) groups excluding carboxylic acids is 3. The Bertz CT molecular complexity index is 875. The van der Waals surface area contributed by atoms with Crippen molar-refractivity contribution < 1.29 is 14.4 Å². The minimum Gasteiger partial charge on any atom is -0.388 e. The Labute approximate surface area is 174 Å². The second kappa shape index (κ2) is 11.3. The molecule has 29 heavy (non-hydrogen) atoms. The van der Waals surface area contributed by atoms with Crippen LogP contribution in [0.1, 0.15) is 44.2 Å². The molecule has 0 amide bonds. The van der Waals surface area contributed by atoms with E-state index in [9.17, 15) is 14.4 Å². The van der Waals surface area contributed by atoms with Crippen LogP contribution in [-0.4, -0.2) is 66.4 Å². The topological polar surface area (TPSA) is 95.2 Å². The molecule has 0 saturated carbocycles. The summed E-state index contributed by atoms with van der Waals surface area (Å²) in [5.74, 6) is 0.144. The maximum atomic E-state index is 12.3. The molecule has 0 spiro atoms. The third-order valence-corrected chi connectivity index (χ3v) is 5.29. The monoisotopic (exact) mass is 414 g/mol. The molecule has 2 aromatic rings. The van der Waals surface area contributed by atoms with Crippen LogP contribution in [0.25, 0.3) is 0 Å². The molecule has 8 heteroatoms. The summed E-state index contributed by atoms with van der Waals surface area (Å²) in [6, 6.07) is 10.1. The SMILES string of the molecule is CN(C)CCCCSC1=CC(=O)c2n[nH]c(C=O)c2C1=O.CNc1ccccc1. The molecule has 7 nitrogen and oxygen atoms in total. The van der Waals surface area contributed by atoms with Crippen molar-refractivity contribution in [2.45, 2.75) is 12.8 Å². The van der Waals surface area contributed by atoms with Gasteiger partial charge in [-0.2, -0.15) is 5.10 Å². The number of fused-ring (bicyclic) bond motifs is 1. The van der Waals surface area contributed by atoms with Gasteiger partial charge in [0, 0.05) is 18.8 Å². The number of nitrogens with zero attached hydrogens (tertiary/aromatic N) is 2. The number of ketones is 2. The molecule has 1 aliphatic rings. The number of anilines is 1. The Morgan fingerprint density at radius 3 is 2.48 bits per heavy atom. The van der Waals surface area contributed by atoms with Crippen molar-refractivity contribution in [3.63, 3.8) is 0 Å². The van der Waals surface area contributed by atoms with Crippen molar-refractivity contribution in [3.05, 3.63) is 58.3 Å². The lowest BCUT2D eigenvalue weighted by Crippen LogP contribution is -2.16. The number of rotatable bonds is 8. The molecule has 1 aromatic carbocycles. The van der Waals surface area contributed by atoms with Gasteiger partial charge in [-0.05, 0) is 51.4 Å². The fourth-order valence-corrected chi connectivity index (χ4v) is 3.64. The van der Waals surface area contributed by atoms with Gasteiger partial charge < -0.3 is 10.2 Å². The average Bonchev–Trinajstić information content (AvgIpc) is 3.17. The van der Waals surface area contributed by atoms with Gasteiger partial charge in [0.1, 0.15) is 11.4 Å². The van der Waals surface area contributed by atoms with Gasteiger partial charge in [0.25, 0.3) is 0 Å². The third kappa shape index (κ3) is 6.40. The van der Waals surface area contributed by atoms with E-state index in [0.717, 1.165) is 30.8 Å². The summed E-state index contributed by atoms with van der Waals surface area (Å²) in [5.41, 5.74) is 1.38. The van der Waals surface area contributed by atoms with Gasteiger partial charge >= 0.3 is 0 Å². The van der Waals surface area contributed by atoms with Crippen LogP contribution in [0, 0.1) is 0 Å². The van der Waals surface area contributed by atoms with Gasteiger partial charge in [0.15, 0.2) is 6.29 Å². The largest absolute Gasteiger partial charge is 0.388 e. The molecule has 3 rings (SSSR count). The number of carbonyl (C=O) groups is 3. The van der Waals surface area contributed by atoms with Crippen molar-refractivity contribution in [2.24, 2.45) is 0 Å². The molecule has 0 bridgehead atoms. The highest BCUT2D eigenvalue weighted by molar-refractivity contribution is 8.04. The van der Waals surface area contributed by atoms with Gasteiger partial charge in [-0.1, -0.05) is 18.2 Å². The van der Waals surface area contributed by atoms with Gasteiger partial charge in [-0.3, -0.25) is 19.5 Å². The summed E-state index contributed by atoms with van der Waals surface area (Å²) in [4.78, 5) is 37.6. The molecule has 154 valence electrons. The van der Waals surface area contributed by atoms with Gasteiger partial charge in [0.05, 0.1) is 10.5 Å². The van der Waals surface area contributed by atoms with Crippen LogP contribution in [0.4, 0.5) is 5.69 Å². The Hall–Kier alpha value is -2.71. The number of Topliss-reactive ketones (excluding diaryl/α,β-unsaturated/α-hetero) is 1. The average molecular weight is 415 g/mol. The minimum absolute atomic E-state index is 0.0408. The number of thioether (sulfide) groups is 1. The van der Waals surface area contributed by atoms with Crippen LogP contribution in [0.5, 0.6) is 0 Å². The number of benzene rings is 1. The molecule has 0 atom stereocenters. The van der Waals surface area contributed by atoms with Crippen LogP contribution < -0.4 is 5.32 Å². The number of aromatic amines is 1. The molecule has 0 aliphatic heterocycles. The number of allylic oxidation sites excluding steroid dienone is 2. The van der Waals surface area contributed by atoms with Crippen LogP contribution >= 0.6 is 11.8 Å². The van der Waals surface area contributed by atoms with Crippen LogP contribution in [0.3, 0.4) is 0 Å². The smallest absolute Gasteiger partial charge is 0.208 e. The lowest BCUT2D eigenvalue weighted by Gasteiger charge is -2.12. The van der Waals surface area contributed by atoms with E-state index >= 15 is 0 Å². The zero-order chi connectivity index (χ0) is 21.2. The summed E-state index contributed by atoms with van der Waals surface area (Å²) in [7, 11) is 5.94. The third-order valence-electron chi connectivity index (χ3n) is 4.18. The predicted molar refractivity (Wildman–Crippen MR) is 117 cm³/mol. The standard InChI is InChI=1S/C14H17N3O3S.C7H9N/c1-17(2)5-3-4-6-21-11-7-10(19)13-12(14(11)20)9(8-18)15-16-13;1-8-7-5-3-2-4-6-7/h7-8H,3-6H2,1-2H3,(H,15,16);2-6,8H,1H3. The zero-order valence-electron chi connectivity index (χ0n) is 16.9. The number of unbranched alkanes of at least 4 members (excludes halogenated alkanes) is 1. The molecule has 1 heterocycles. The number of hydrogen-bond donors (Lipinski definition) is 2. The number of H-pyrrole nitrogens is 1. The summed E-state index contributed by atoms with van der Waals surface area (Å²) < 4.78 is 0. The van der Waals surface area contributed by atoms with E-state index < -0.39 is 0 Å². The number of hydrogen-bond acceptors (Lipinski definition) is 7. The predicted octanol–water partition coefficient (Wildman–Crippen LogP) is 3.29. The van der Waals surface area contributed by atoms with Gasteiger partial charge in [-0.15, -0.1) is 11.8 Å². The van der Waals surface area contributed by atoms with Crippen molar-refractivity contribution in [1.82, 2.24) is 15.1 Å². The van der Waals surface area contributed by atoms with Crippen LogP contribution in [0.2, 0.25) is 0 Å². The summed E-state index contributed by atoms with van der Waals surface area (Å²) in [5, 5.41) is 9.19. The quantitative estimate of drug-likeness (QED) is 0.505. The molecule has 0 unspecified atom stereocenters. The first-order chi connectivity index (χ1) is 14.0. The van der Waals surface area contributed by atoms with Crippen LogP contribution in [0.15, 0.2) is 41.3 Å². The number of para-hydroxylation sites is 1. The Morgan fingerprint density at radius 2 is 1.90 bits per heavy atom. The zero-order valence-corrected chi connectivity index (χ0v) is 17.7. The van der Waals surface area contributed by atoms with Gasteiger partial charge in [-0.25, -0.2) is 0 Å². The number of aldehydes is 1. The van der Waals surface area contributed by atoms with Crippen molar-refractivity contribution in [3.8, 4) is 0 Å². The second-order valence-corrected chi connectivity index (χ2v) is 7.79. The molecule has 0 radical (unpaired) electrons. The Morgan fingerprint density at radius 1 is 1.17 bits per heavy atom. The Kier molecular flexibility index (Phi) is 8.82. The van der Waals surface area contributed by atoms with E-state index in [1.165, 1.54) is 17.8 Å². The summed E-state index contributed by atoms with van der Waals surface area (Å²) in [6.45, 7) is 0.994. The van der Waals surface area contributed by atoms with E-state index in [4.69, 9.17) is 0 Å². The van der Waals surface area contributed by atoms with Crippen LogP contribution in [-0.2, 0) is 0 Å². The highest BCUT2D eigenvalue weighted by Gasteiger charge is 2.31. The van der Waals surface area contributed by atoms with E-state index in [0.29, 0.717) is 11.2 Å². The highest BCUT2D eigenvalue weighted by atomic mass is 32.2.